The van der Waals surface area contributed by atoms with Crippen molar-refractivity contribution in [3.8, 4) is 0 Å². The molecule has 0 atom stereocenters. The van der Waals surface area contributed by atoms with Crippen molar-refractivity contribution in [3.05, 3.63) is 23.5 Å². The first-order valence-corrected chi connectivity index (χ1v) is 4.20. The van der Waals surface area contributed by atoms with Gasteiger partial charge in [0.05, 0.1) is 7.11 Å². The molecule has 0 aromatic carbocycles. The molecule has 14 heavy (non-hydrogen) atoms. The molecule has 4 heteroatoms. The number of methoxy groups -OCH3 is 3. The van der Waals surface area contributed by atoms with E-state index in [0.717, 1.165) is 5.57 Å². The maximum Gasteiger partial charge on any atom is 0.260 e. The van der Waals surface area contributed by atoms with Gasteiger partial charge in [0, 0.05) is 14.2 Å². The van der Waals surface area contributed by atoms with E-state index in [-0.39, 0.29) is 11.5 Å². The van der Waals surface area contributed by atoms with Gasteiger partial charge in [0.25, 0.3) is 11.6 Å². The van der Waals surface area contributed by atoms with Crippen molar-refractivity contribution in [1.82, 2.24) is 0 Å². The predicted molar refractivity (Wildman–Crippen MR) is 50.6 cm³/mol. The number of ether oxygens (including phenoxy) is 3. The fourth-order valence-corrected chi connectivity index (χ4v) is 1.39. The van der Waals surface area contributed by atoms with E-state index in [1.54, 1.807) is 12.2 Å². The molecule has 78 valence electrons. The highest BCUT2D eigenvalue weighted by Gasteiger charge is 2.41. The fourth-order valence-electron chi connectivity index (χ4n) is 1.39. The van der Waals surface area contributed by atoms with E-state index in [1.165, 1.54) is 21.3 Å². The van der Waals surface area contributed by atoms with Crippen molar-refractivity contribution in [2.24, 2.45) is 0 Å². The molecule has 0 aromatic heterocycles. The van der Waals surface area contributed by atoms with Crippen LogP contribution >= 0.6 is 0 Å². The second-order valence-electron chi connectivity index (χ2n) is 3.01. The Hall–Kier alpha value is -1.13. The van der Waals surface area contributed by atoms with Gasteiger partial charge in [0.2, 0.25) is 0 Å². The molecule has 0 unspecified atom stereocenters. The van der Waals surface area contributed by atoms with Gasteiger partial charge in [-0.05, 0) is 24.6 Å². The fraction of sp³-hybridized carbons (Fsp3) is 0.500. The molecule has 0 bridgehead atoms. The molecule has 0 aliphatic heterocycles. The molecule has 0 saturated carbocycles. The number of hydrogen-bond acceptors (Lipinski definition) is 4. The molecule has 0 amide bonds. The van der Waals surface area contributed by atoms with Crippen LogP contribution in [0.1, 0.15) is 6.92 Å². The summed E-state index contributed by atoms with van der Waals surface area (Å²) in [6.45, 7) is 1.85. The van der Waals surface area contributed by atoms with E-state index in [0.29, 0.717) is 0 Å². The van der Waals surface area contributed by atoms with E-state index >= 15 is 0 Å². The van der Waals surface area contributed by atoms with Gasteiger partial charge in [-0.1, -0.05) is 0 Å². The third-order valence-corrected chi connectivity index (χ3v) is 2.14. The maximum absolute atomic E-state index is 11.8. The summed E-state index contributed by atoms with van der Waals surface area (Å²) in [5, 5.41) is 0. The molecule has 1 rings (SSSR count). The number of ketones is 1. The highest BCUT2D eigenvalue weighted by molar-refractivity contribution is 6.02. The molecule has 0 aromatic rings. The van der Waals surface area contributed by atoms with Gasteiger partial charge < -0.3 is 14.2 Å². The van der Waals surface area contributed by atoms with Gasteiger partial charge in [-0.15, -0.1) is 0 Å². The molecule has 0 radical (unpaired) electrons. The third kappa shape index (κ3) is 1.58. The van der Waals surface area contributed by atoms with E-state index in [4.69, 9.17) is 14.2 Å². The quantitative estimate of drug-likeness (QED) is 0.635. The average Bonchev–Trinajstić information content (AvgIpc) is 2.21. The lowest BCUT2D eigenvalue weighted by Gasteiger charge is -2.29. The molecule has 0 N–H and O–H groups in total. The zero-order chi connectivity index (χ0) is 10.8. The summed E-state index contributed by atoms with van der Waals surface area (Å²) in [6.07, 6.45) is 3.27. The summed E-state index contributed by atoms with van der Waals surface area (Å²) in [7, 11) is 4.28. The Bertz CT molecular complexity index is 297. The first-order chi connectivity index (χ1) is 6.59. The number of rotatable bonds is 3. The SMILES string of the molecule is COC1=CC(C)=CC(OC)(OC)C1=O. The first-order valence-electron chi connectivity index (χ1n) is 4.20. The summed E-state index contributed by atoms with van der Waals surface area (Å²) in [5.41, 5.74) is 0.866. The standard InChI is InChI=1S/C10H14O4/c1-7-5-8(12-2)9(11)10(6-7,13-3)14-4/h5-6H,1-4H3. The van der Waals surface area contributed by atoms with E-state index in [1.807, 2.05) is 6.92 Å². The van der Waals surface area contributed by atoms with Crippen LogP contribution in [0.25, 0.3) is 0 Å². The molecule has 0 spiro atoms. The average molecular weight is 198 g/mol. The van der Waals surface area contributed by atoms with Crippen LogP contribution in [-0.2, 0) is 19.0 Å². The van der Waals surface area contributed by atoms with Crippen molar-refractivity contribution >= 4 is 5.78 Å². The minimum Gasteiger partial charge on any atom is -0.493 e. The molecular weight excluding hydrogens is 184 g/mol. The van der Waals surface area contributed by atoms with E-state index in [9.17, 15) is 4.79 Å². The van der Waals surface area contributed by atoms with Crippen LogP contribution in [0.5, 0.6) is 0 Å². The van der Waals surface area contributed by atoms with Gasteiger partial charge in [-0.2, -0.15) is 0 Å². The van der Waals surface area contributed by atoms with Gasteiger partial charge in [-0.3, -0.25) is 4.79 Å². The predicted octanol–water partition coefficient (Wildman–Crippen LogP) is 1.03. The van der Waals surface area contributed by atoms with Crippen LogP contribution in [0.15, 0.2) is 23.5 Å². The normalized spacial score (nSPS) is 20.1. The zero-order valence-corrected chi connectivity index (χ0v) is 8.79. The first kappa shape index (κ1) is 10.9. The van der Waals surface area contributed by atoms with Crippen LogP contribution in [0.2, 0.25) is 0 Å². The molecule has 0 fully saturated rings. The Labute approximate surface area is 83.1 Å². The monoisotopic (exact) mass is 198 g/mol. The molecule has 1 aliphatic carbocycles. The van der Waals surface area contributed by atoms with E-state index in [2.05, 4.69) is 0 Å². The molecule has 0 saturated heterocycles. The van der Waals surface area contributed by atoms with Gasteiger partial charge >= 0.3 is 0 Å². The minimum absolute atomic E-state index is 0.244. The van der Waals surface area contributed by atoms with Crippen LogP contribution in [0, 0.1) is 0 Å². The molecule has 4 nitrogen and oxygen atoms in total. The lowest BCUT2D eigenvalue weighted by molar-refractivity contribution is -0.185. The Balaban J connectivity index is 3.14. The smallest absolute Gasteiger partial charge is 0.260 e. The Morgan fingerprint density at radius 2 is 1.79 bits per heavy atom. The molecule has 1 aliphatic rings. The number of hydrogen-bond donors (Lipinski definition) is 0. The Morgan fingerprint density at radius 3 is 2.21 bits per heavy atom. The van der Waals surface area contributed by atoms with Gasteiger partial charge in [0.15, 0.2) is 5.76 Å². The third-order valence-electron chi connectivity index (χ3n) is 2.14. The highest BCUT2D eigenvalue weighted by atomic mass is 16.7. The summed E-state index contributed by atoms with van der Waals surface area (Å²) in [4.78, 5) is 11.8. The van der Waals surface area contributed by atoms with Crippen molar-refractivity contribution in [2.45, 2.75) is 12.7 Å². The summed E-state index contributed by atoms with van der Waals surface area (Å²) >= 11 is 0. The second kappa shape index (κ2) is 3.94. The number of allylic oxidation sites excluding steroid dienone is 2. The topological polar surface area (TPSA) is 44.8 Å². The van der Waals surface area contributed by atoms with E-state index < -0.39 is 5.79 Å². The number of carbonyl (C=O) groups excluding carboxylic acids is 1. The van der Waals surface area contributed by atoms with Gasteiger partial charge in [0.1, 0.15) is 0 Å². The Kier molecular flexibility index (Phi) is 3.08. The van der Waals surface area contributed by atoms with Crippen LogP contribution in [0.4, 0.5) is 0 Å². The largest absolute Gasteiger partial charge is 0.493 e. The highest BCUT2D eigenvalue weighted by Crippen LogP contribution is 2.26. The van der Waals surface area contributed by atoms with Crippen molar-refractivity contribution in [1.29, 1.82) is 0 Å². The maximum atomic E-state index is 11.8. The molecule has 0 heterocycles. The summed E-state index contributed by atoms with van der Waals surface area (Å²) < 4.78 is 15.1. The Morgan fingerprint density at radius 1 is 1.21 bits per heavy atom. The van der Waals surface area contributed by atoms with Crippen molar-refractivity contribution in [2.75, 3.05) is 21.3 Å². The minimum atomic E-state index is -1.33. The van der Waals surface area contributed by atoms with Crippen LogP contribution in [-0.4, -0.2) is 32.9 Å². The number of carbonyl (C=O) groups is 1. The van der Waals surface area contributed by atoms with Crippen LogP contribution in [0.3, 0.4) is 0 Å². The lowest BCUT2D eigenvalue weighted by Crippen LogP contribution is -2.43. The lowest BCUT2D eigenvalue weighted by atomic mass is 9.99. The van der Waals surface area contributed by atoms with Gasteiger partial charge in [-0.25, -0.2) is 0 Å². The second-order valence-corrected chi connectivity index (χ2v) is 3.01. The molecular formula is C10H14O4. The number of Topliss-reactive ketones (excluding diaryl/α,β-unsaturated/α-hetero) is 1. The summed E-state index contributed by atoms with van der Waals surface area (Å²) in [6, 6.07) is 0. The van der Waals surface area contributed by atoms with Crippen molar-refractivity contribution < 1.29 is 19.0 Å². The zero-order valence-electron chi connectivity index (χ0n) is 8.79. The summed E-state index contributed by atoms with van der Waals surface area (Å²) in [5.74, 6) is -1.41. The van der Waals surface area contributed by atoms with Crippen molar-refractivity contribution in [3.63, 3.8) is 0 Å². The van der Waals surface area contributed by atoms with Crippen LogP contribution < -0.4 is 0 Å².